The van der Waals surface area contributed by atoms with E-state index in [9.17, 15) is 9.59 Å². The number of carboxylic acids is 1. The van der Waals surface area contributed by atoms with Gasteiger partial charge in [-0.25, -0.2) is 0 Å². The fourth-order valence-corrected chi connectivity index (χ4v) is 4.06. The van der Waals surface area contributed by atoms with Gasteiger partial charge in [0.15, 0.2) is 0 Å². The topological polar surface area (TPSA) is 57.6 Å². The van der Waals surface area contributed by atoms with Gasteiger partial charge in [0, 0.05) is 30.7 Å². The molecule has 2 atom stereocenters. The first-order chi connectivity index (χ1) is 8.68. The summed E-state index contributed by atoms with van der Waals surface area (Å²) < 4.78 is 0. The predicted molar refractivity (Wildman–Crippen MR) is 71.7 cm³/mol. The molecule has 2 heterocycles. The minimum absolute atomic E-state index is 0.160. The molecule has 0 aromatic heterocycles. The van der Waals surface area contributed by atoms with Gasteiger partial charge in [-0.1, -0.05) is 0 Å². The Morgan fingerprint density at radius 2 is 2.11 bits per heavy atom. The van der Waals surface area contributed by atoms with Crippen LogP contribution in [0.1, 0.15) is 38.5 Å². The lowest BCUT2D eigenvalue weighted by Gasteiger charge is -2.37. The number of aliphatic carboxylic acids is 1. The zero-order chi connectivity index (χ0) is 13.0. The number of amides is 1. The summed E-state index contributed by atoms with van der Waals surface area (Å²) in [6.07, 6.45) is 4.93. The second-order valence-corrected chi connectivity index (χ2v) is 6.32. The number of carboxylic acid groups (broad SMARTS) is 1. The van der Waals surface area contributed by atoms with Crippen molar-refractivity contribution in [1.82, 2.24) is 4.90 Å². The number of thioether (sulfide) groups is 1. The summed E-state index contributed by atoms with van der Waals surface area (Å²) in [6, 6.07) is 0.160. The van der Waals surface area contributed by atoms with Crippen molar-refractivity contribution in [2.75, 3.05) is 18.1 Å². The molecular formula is C13H21NO3S. The highest BCUT2D eigenvalue weighted by Crippen LogP contribution is 2.29. The largest absolute Gasteiger partial charge is 0.481 e. The van der Waals surface area contributed by atoms with Crippen molar-refractivity contribution in [3.8, 4) is 0 Å². The second-order valence-electron chi connectivity index (χ2n) is 5.17. The Hall–Kier alpha value is -0.710. The van der Waals surface area contributed by atoms with E-state index in [2.05, 4.69) is 0 Å². The van der Waals surface area contributed by atoms with Crippen LogP contribution in [-0.4, -0.2) is 46.0 Å². The van der Waals surface area contributed by atoms with Crippen LogP contribution < -0.4 is 0 Å². The molecule has 4 nitrogen and oxygen atoms in total. The Bertz CT molecular complexity index is 315. The molecule has 0 saturated carbocycles. The Balaban J connectivity index is 1.93. The lowest BCUT2D eigenvalue weighted by Crippen LogP contribution is -2.46. The van der Waals surface area contributed by atoms with Crippen molar-refractivity contribution < 1.29 is 14.7 Å². The van der Waals surface area contributed by atoms with E-state index in [0.29, 0.717) is 6.42 Å². The third kappa shape index (κ3) is 3.40. The number of likely N-dealkylation sites (tertiary alicyclic amines) is 1. The van der Waals surface area contributed by atoms with E-state index in [0.717, 1.165) is 43.7 Å². The molecule has 2 aliphatic heterocycles. The first-order valence-electron chi connectivity index (χ1n) is 6.78. The number of rotatable bonds is 4. The molecule has 2 rings (SSSR count). The van der Waals surface area contributed by atoms with Gasteiger partial charge in [0.05, 0.1) is 0 Å². The lowest BCUT2D eigenvalue weighted by molar-refractivity contribution is -0.141. The molecule has 2 fully saturated rings. The summed E-state index contributed by atoms with van der Waals surface area (Å²) in [5.41, 5.74) is 0. The molecule has 5 heteroatoms. The number of carbonyl (C=O) groups is 2. The second kappa shape index (κ2) is 6.45. The van der Waals surface area contributed by atoms with Gasteiger partial charge in [-0.05, 0) is 37.9 Å². The van der Waals surface area contributed by atoms with Crippen molar-refractivity contribution in [3.05, 3.63) is 0 Å². The van der Waals surface area contributed by atoms with E-state index in [1.54, 1.807) is 0 Å². The number of carbonyl (C=O) groups excluding carboxylic acids is 1. The molecule has 0 aliphatic carbocycles. The highest BCUT2D eigenvalue weighted by molar-refractivity contribution is 7.99. The van der Waals surface area contributed by atoms with Crippen LogP contribution in [0.15, 0.2) is 0 Å². The maximum Gasteiger partial charge on any atom is 0.303 e. The van der Waals surface area contributed by atoms with E-state index in [-0.39, 0.29) is 24.3 Å². The minimum Gasteiger partial charge on any atom is -0.481 e. The molecule has 1 amide bonds. The Kier molecular flexibility index (Phi) is 4.92. The molecule has 102 valence electrons. The smallest absolute Gasteiger partial charge is 0.303 e. The fraction of sp³-hybridized carbons (Fsp3) is 0.846. The van der Waals surface area contributed by atoms with E-state index >= 15 is 0 Å². The van der Waals surface area contributed by atoms with Crippen molar-refractivity contribution in [1.29, 1.82) is 0 Å². The number of nitrogens with zero attached hydrogens (tertiary/aromatic N) is 1. The first-order valence-corrected chi connectivity index (χ1v) is 7.94. The van der Waals surface area contributed by atoms with Crippen LogP contribution in [0, 0.1) is 5.92 Å². The Morgan fingerprint density at radius 3 is 2.78 bits per heavy atom. The Labute approximate surface area is 112 Å². The lowest BCUT2D eigenvalue weighted by atomic mass is 9.95. The van der Waals surface area contributed by atoms with Gasteiger partial charge in [0.1, 0.15) is 0 Å². The standard InChI is InChI=1S/C13H21NO3S/c15-12(16)5-4-11-3-1-2-7-14(11)13(17)10-6-8-18-9-10/h10-11H,1-9H2,(H,15,16). The molecule has 1 N–H and O–H groups in total. The summed E-state index contributed by atoms with van der Waals surface area (Å²) in [5, 5.41) is 8.77. The van der Waals surface area contributed by atoms with Crippen molar-refractivity contribution >= 4 is 23.6 Å². The third-order valence-electron chi connectivity index (χ3n) is 3.88. The first kappa shape index (κ1) is 13.7. The molecule has 0 radical (unpaired) electrons. The van der Waals surface area contributed by atoms with Crippen molar-refractivity contribution in [3.63, 3.8) is 0 Å². The summed E-state index contributed by atoms with van der Waals surface area (Å²) in [4.78, 5) is 25.1. The number of hydrogen-bond acceptors (Lipinski definition) is 3. The van der Waals surface area contributed by atoms with Crippen LogP contribution in [0.4, 0.5) is 0 Å². The SMILES string of the molecule is O=C(O)CCC1CCCCN1C(=O)C1CCSC1. The summed E-state index contributed by atoms with van der Waals surface area (Å²) in [5.74, 6) is 1.73. The highest BCUT2D eigenvalue weighted by atomic mass is 32.2. The summed E-state index contributed by atoms with van der Waals surface area (Å²) in [7, 11) is 0. The summed E-state index contributed by atoms with van der Waals surface area (Å²) in [6.45, 7) is 0.824. The average Bonchev–Trinajstić information content (AvgIpc) is 2.89. The predicted octanol–water partition coefficient (Wildman–Crippen LogP) is 1.99. The van der Waals surface area contributed by atoms with Crippen LogP contribution in [0.5, 0.6) is 0 Å². The maximum absolute atomic E-state index is 12.4. The Morgan fingerprint density at radius 1 is 1.28 bits per heavy atom. The van der Waals surface area contributed by atoms with Gasteiger partial charge in [-0.3, -0.25) is 9.59 Å². The van der Waals surface area contributed by atoms with Gasteiger partial charge in [-0.15, -0.1) is 0 Å². The molecule has 2 saturated heterocycles. The minimum atomic E-state index is -0.760. The van der Waals surface area contributed by atoms with Gasteiger partial charge >= 0.3 is 5.97 Å². The monoisotopic (exact) mass is 271 g/mol. The van der Waals surface area contributed by atoms with Crippen LogP contribution in [0.3, 0.4) is 0 Å². The van der Waals surface area contributed by atoms with Crippen molar-refractivity contribution in [2.24, 2.45) is 5.92 Å². The van der Waals surface area contributed by atoms with E-state index in [4.69, 9.17) is 5.11 Å². The van der Waals surface area contributed by atoms with Gasteiger partial charge < -0.3 is 10.0 Å². The van der Waals surface area contributed by atoms with Gasteiger partial charge in [0.2, 0.25) is 5.91 Å². The number of hydrogen-bond donors (Lipinski definition) is 1. The van der Waals surface area contributed by atoms with Crippen molar-refractivity contribution in [2.45, 2.75) is 44.6 Å². The van der Waals surface area contributed by atoms with Crippen LogP contribution in [-0.2, 0) is 9.59 Å². The molecule has 0 spiro atoms. The molecule has 18 heavy (non-hydrogen) atoms. The molecule has 0 aromatic carbocycles. The zero-order valence-electron chi connectivity index (χ0n) is 10.6. The van der Waals surface area contributed by atoms with E-state index in [1.807, 2.05) is 16.7 Å². The maximum atomic E-state index is 12.4. The molecule has 0 bridgehead atoms. The van der Waals surface area contributed by atoms with Crippen LogP contribution in [0.2, 0.25) is 0 Å². The van der Waals surface area contributed by atoms with E-state index < -0.39 is 5.97 Å². The average molecular weight is 271 g/mol. The number of piperidine rings is 1. The molecule has 2 unspecified atom stereocenters. The highest BCUT2D eigenvalue weighted by Gasteiger charge is 2.33. The summed E-state index contributed by atoms with van der Waals surface area (Å²) >= 11 is 1.85. The fourth-order valence-electron chi connectivity index (χ4n) is 2.84. The third-order valence-corrected chi connectivity index (χ3v) is 5.04. The normalized spacial score (nSPS) is 28.3. The van der Waals surface area contributed by atoms with Crippen LogP contribution in [0.25, 0.3) is 0 Å². The van der Waals surface area contributed by atoms with E-state index in [1.165, 1.54) is 0 Å². The van der Waals surface area contributed by atoms with Crippen LogP contribution >= 0.6 is 11.8 Å². The zero-order valence-corrected chi connectivity index (χ0v) is 11.5. The molecule has 0 aromatic rings. The molecular weight excluding hydrogens is 250 g/mol. The quantitative estimate of drug-likeness (QED) is 0.849. The van der Waals surface area contributed by atoms with Gasteiger partial charge in [0.25, 0.3) is 0 Å². The van der Waals surface area contributed by atoms with Gasteiger partial charge in [-0.2, -0.15) is 11.8 Å². The molecule has 2 aliphatic rings.